The summed E-state index contributed by atoms with van der Waals surface area (Å²) in [5, 5.41) is 7.91. The predicted molar refractivity (Wildman–Crippen MR) is 86.8 cm³/mol. The van der Waals surface area contributed by atoms with Gasteiger partial charge in [-0.15, -0.1) is 0 Å². The molecule has 2 rings (SSSR count). The van der Waals surface area contributed by atoms with E-state index in [0.29, 0.717) is 6.04 Å². The fraction of sp³-hybridized carbons (Fsp3) is 0.412. The number of rotatable bonds is 8. The van der Waals surface area contributed by atoms with Gasteiger partial charge in [-0.2, -0.15) is 11.3 Å². The average Bonchev–Trinajstić information content (AvgIpc) is 2.92. The minimum Gasteiger partial charge on any atom is -0.494 e. The molecule has 1 aromatic heterocycles. The molecule has 3 heteroatoms. The summed E-state index contributed by atoms with van der Waals surface area (Å²) < 4.78 is 5.85. The second-order valence-corrected chi connectivity index (χ2v) is 5.82. The zero-order valence-electron chi connectivity index (χ0n) is 12.3. The van der Waals surface area contributed by atoms with Crippen molar-refractivity contribution in [3.8, 4) is 5.75 Å². The smallest absolute Gasteiger partial charge is 0.119 e. The third kappa shape index (κ3) is 4.99. The Balaban J connectivity index is 1.80. The molecule has 0 aliphatic carbocycles. The van der Waals surface area contributed by atoms with Gasteiger partial charge in [0, 0.05) is 6.04 Å². The van der Waals surface area contributed by atoms with E-state index in [1.54, 1.807) is 11.3 Å². The van der Waals surface area contributed by atoms with Gasteiger partial charge in [-0.25, -0.2) is 0 Å². The van der Waals surface area contributed by atoms with Crippen LogP contribution in [0.4, 0.5) is 0 Å². The second-order valence-electron chi connectivity index (χ2n) is 5.04. The zero-order chi connectivity index (χ0) is 14.2. The molecule has 1 atom stereocenters. The number of nitrogens with one attached hydrogen (secondary N) is 1. The van der Waals surface area contributed by atoms with Crippen molar-refractivity contribution < 1.29 is 4.74 Å². The molecule has 2 nitrogen and oxygen atoms in total. The highest BCUT2D eigenvalue weighted by atomic mass is 32.1. The number of ether oxygens (including phenoxy) is 1. The molecular weight excluding hydrogens is 266 g/mol. The van der Waals surface area contributed by atoms with Gasteiger partial charge in [0.25, 0.3) is 0 Å². The lowest BCUT2D eigenvalue weighted by atomic mass is 10.1. The van der Waals surface area contributed by atoms with Crippen LogP contribution in [-0.2, 0) is 6.42 Å². The van der Waals surface area contributed by atoms with Crippen LogP contribution in [-0.4, -0.2) is 19.2 Å². The van der Waals surface area contributed by atoms with Crippen LogP contribution in [0, 0.1) is 6.92 Å². The molecule has 20 heavy (non-hydrogen) atoms. The normalized spacial score (nSPS) is 12.3. The largest absolute Gasteiger partial charge is 0.494 e. The van der Waals surface area contributed by atoms with Crippen LogP contribution in [0.5, 0.6) is 5.75 Å². The first-order valence-corrected chi connectivity index (χ1v) is 8.16. The van der Waals surface area contributed by atoms with E-state index in [9.17, 15) is 0 Å². The van der Waals surface area contributed by atoms with Gasteiger partial charge in [-0.05, 0) is 66.4 Å². The van der Waals surface area contributed by atoms with Crippen LogP contribution in [0.2, 0.25) is 0 Å². The Kier molecular flexibility index (Phi) is 6.09. The van der Waals surface area contributed by atoms with Gasteiger partial charge in [-0.3, -0.25) is 0 Å². The molecule has 0 saturated carbocycles. The fourth-order valence-electron chi connectivity index (χ4n) is 2.28. The lowest BCUT2D eigenvalue weighted by Gasteiger charge is -2.17. The van der Waals surface area contributed by atoms with Crippen LogP contribution < -0.4 is 10.1 Å². The maximum Gasteiger partial charge on any atom is 0.119 e. The van der Waals surface area contributed by atoms with Gasteiger partial charge in [0.2, 0.25) is 0 Å². The number of benzene rings is 1. The van der Waals surface area contributed by atoms with Crippen LogP contribution in [0.3, 0.4) is 0 Å². The summed E-state index contributed by atoms with van der Waals surface area (Å²) in [7, 11) is 0. The minimum atomic E-state index is 0.486. The van der Waals surface area contributed by atoms with Crippen LogP contribution in [0.15, 0.2) is 41.1 Å². The van der Waals surface area contributed by atoms with Crippen LogP contribution >= 0.6 is 11.3 Å². The molecule has 1 N–H and O–H groups in total. The Labute approximate surface area is 125 Å². The Morgan fingerprint density at radius 3 is 2.90 bits per heavy atom. The van der Waals surface area contributed by atoms with Crippen LogP contribution in [0.25, 0.3) is 0 Å². The first-order chi connectivity index (χ1) is 9.78. The van der Waals surface area contributed by atoms with E-state index in [-0.39, 0.29) is 0 Å². The Morgan fingerprint density at radius 2 is 2.20 bits per heavy atom. The molecule has 0 aliphatic heterocycles. The number of hydrogen-bond donors (Lipinski definition) is 1. The molecule has 0 aliphatic rings. The van der Waals surface area contributed by atoms with Crippen molar-refractivity contribution in [2.45, 2.75) is 32.7 Å². The van der Waals surface area contributed by atoms with E-state index in [4.69, 9.17) is 4.74 Å². The van der Waals surface area contributed by atoms with Gasteiger partial charge in [0.1, 0.15) is 5.75 Å². The Hall–Kier alpha value is -1.32. The summed E-state index contributed by atoms with van der Waals surface area (Å²) >= 11 is 1.76. The van der Waals surface area contributed by atoms with E-state index in [1.807, 2.05) is 12.1 Å². The third-order valence-corrected chi connectivity index (χ3v) is 4.01. The summed E-state index contributed by atoms with van der Waals surface area (Å²) in [5.74, 6) is 0.968. The topological polar surface area (TPSA) is 21.3 Å². The van der Waals surface area contributed by atoms with Gasteiger partial charge in [-0.1, -0.05) is 19.1 Å². The quantitative estimate of drug-likeness (QED) is 0.791. The molecule has 0 radical (unpaired) electrons. The summed E-state index contributed by atoms with van der Waals surface area (Å²) in [4.78, 5) is 0. The first kappa shape index (κ1) is 15.1. The molecule has 1 heterocycles. The van der Waals surface area contributed by atoms with E-state index < -0.39 is 0 Å². The SMILES string of the molecule is CCNC(CCOc1cccc(C)c1)Cc1ccsc1. The van der Waals surface area contributed by atoms with E-state index >= 15 is 0 Å². The van der Waals surface area contributed by atoms with Crippen molar-refractivity contribution in [3.05, 3.63) is 52.2 Å². The van der Waals surface area contributed by atoms with Crippen molar-refractivity contribution in [1.29, 1.82) is 0 Å². The minimum absolute atomic E-state index is 0.486. The number of thiophene rings is 1. The second kappa shape index (κ2) is 8.08. The molecule has 1 aromatic carbocycles. The van der Waals surface area contributed by atoms with Gasteiger partial charge < -0.3 is 10.1 Å². The summed E-state index contributed by atoms with van der Waals surface area (Å²) in [6.07, 6.45) is 2.10. The standard InChI is InChI=1S/C17H23NOS/c1-3-18-16(12-15-8-10-20-13-15)7-9-19-17-6-4-5-14(2)11-17/h4-6,8,10-11,13,16,18H,3,7,9,12H2,1-2H3. The van der Waals surface area contributed by atoms with Gasteiger partial charge in [0.15, 0.2) is 0 Å². The van der Waals surface area contributed by atoms with Crippen molar-refractivity contribution >= 4 is 11.3 Å². The van der Waals surface area contributed by atoms with Crippen LogP contribution in [0.1, 0.15) is 24.5 Å². The third-order valence-electron chi connectivity index (χ3n) is 3.28. The monoisotopic (exact) mass is 289 g/mol. The highest BCUT2D eigenvalue weighted by molar-refractivity contribution is 7.07. The summed E-state index contributed by atoms with van der Waals surface area (Å²) in [5.41, 5.74) is 2.65. The zero-order valence-corrected chi connectivity index (χ0v) is 13.1. The van der Waals surface area contributed by atoms with Crippen molar-refractivity contribution in [3.63, 3.8) is 0 Å². The van der Waals surface area contributed by atoms with Gasteiger partial charge >= 0.3 is 0 Å². The maximum absolute atomic E-state index is 5.85. The van der Waals surface area contributed by atoms with Crippen molar-refractivity contribution in [2.24, 2.45) is 0 Å². The molecule has 0 bridgehead atoms. The maximum atomic E-state index is 5.85. The summed E-state index contributed by atoms with van der Waals surface area (Å²) in [6, 6.07) is 10.9. The van der Waals surface area contributed by atoms with Gasteiger partial charge in [0.05, 0.1) is 6.61 Å². The van der Waals surface area contributed by atoms with Crippen molar-refractivity contribution in [1.82, 2.24) is 5.32 Å². The first-order valence-electron chi connectivity index (χ1n) is 7.22. The Bertz CT molecular complexity index is 495. The molecule has 0 saturated heterocycles. The van der Waals surface area contributed by atoms with E-state index in [1.165, 1.54) is 11.1 Å². The molecule has 1 unspecified atom stereocenters. The molecule has 2 aromatic rings. The van der Waals surface area contributed by atoms with E-state index in [2.05, 4.69) is 48.1 Å². The molecule has 0 spiro atoms. The van der Waals surface area contributed by atoms with Crippen molar-refractivity contribution in [2.75, 3.05) is 13.2 Å². The molecular formula is C17H23NOS. The lowest BCUT2D eigenvalue weighted by Crippen LogP contribution is -2.32. The predicted octanol–water partition coefficient (Wildman–Crippen LogP) is 4.05. The highest BCUT2D eigenvalue weighted by Gasteiger charge is 2.09. The number of aryl methyl sites for hydroxylation is 1. The summed E-state index contributed by atoms with van der Waals surface area (Å²) in [6.45, 7) is 6.00. The fourth-order valence-corrected chi connectivity index (χ4v) is 2.96. The highest BCUT2D eigenvalue weighted by Crippen LogP contribution is 2.14. The molecule has 108 valence electrons. The number of hydrogen-bond acceptors (Lipinski definition) is 3. The Morgan fingerprint density at radius 1 is 1.30 bits per heavy atom. The molecule has 0 amide bonds. The number of likely N-dealkylation sites (N-methyl/N-ethyl adjacent to an activating group) is 1. The molecule has 0 fully saturated rings. The lowest BCUT2D eigenvalue weighted by molar-refractivity contribution is 0.285. The van der Waals surface area contributed by atoms with E-state index in [0.717, 1.165) is 31.7 Å². The average molecular weight is 289 g/mol.